The highest BCUT2D eigenvalue weighted by atomic mass is 19.4. The predicted molar refractivity (Wildman–Crippen MR) is 113 cm³/mol. The van der Waals surface area contributed by atoms with E-state index < -0.39 is 12.8 Å². The van der Waals surface area contributed by atoms with Crippen molar-refractivity contribution in [1.82, 2.24) is 15.6 Å². The van der Waals surface area contributed by atoms with Crippen LogP contribution in [-0.2, 0) is 13.1 Å². The van der Waals surface area contributed by atoms with E-state index in [0.29, 0.717) is 24.6 Å². The van der Waals surface area contributed by atoms with E-state index in [9.17, 15) is 13.2 Å². The van der Waals surface area contributed by atoms with Gasteiger partial charge in [-0.05, 0) is 43.2 Å². The van der Waals surface area contributed by atoms with E-state index in [1.807, 2.05) is 44.1 Å². The number of nitrogens with one attached hydrogen (secondary N) is 2. The molecule has 2 N–H and O–H groups in total. The molecule has 0 saturated carbocycles. The van der Waals surface area contributed by atoms with Crippen molar-refractivity contribution >= 4 is 11.8 Å². The molecule has 1 heterocycles. The van der Waals surface area contributed by atoms with Crippen molar-refractivity contribution in [1.29, 1.82) is 0 Å². The molecular weight excluding hydrogens is 395 g/mol. The average Bonchev–Trinajstić information content (AvgIpc) is 2.69. The molecule has 30 heavy (non-hydrogen) atoms. The fourth-order valence-corrected chi connectivity index (χ4v) is 2.60. The fourth-order valence-electron chi connectivity index (χ4n) is 2.60. The summed E-state index contributed by atoms with van der Waals surface area (Å²) in [5.74, 6) is 1.61. The Kier molecular flexibility index (Phi) is 8.32. The maximum Gasteiger partial charge on any atom is 0.422 e. The number of hydrogen-bond acceptors (Lipinski definition) is 4. The van der Waals surface area contributed by atoms with Gasteiger partial charge in [-0.15, -0.1) is 0 Å². The molecule has 0 unspecified atom stereocenters. The summed E-state index contributed by atoms with van der Waals surface area (Å²) in [6.07, 6.45) is -2.65. The molecule has 0 saturated heterocycles. The second-order valence-corrected chi connectivity index (χ2v) is 6.98. The van der Waals surface area contributed by atoms with Gasteiger partial charge >= 0.3 is 6.18 Å². The van der Waals surface area contributed by atoms with Gasteiger partial charge in [0.05, 0.1) is 6.54 Å². The smallest absolute Gasteiger partial charge is 0.422 e. The standard InChI is InChI=1S/C21H28F3N5O/c1-5-25-20(27-12-16-8-9-26-19(11-16)29(3)4)28-13-17-7-6-15(2)10-18(17)30-14-21(22,23)24/h6-11H,5,12-14H2,1-4H3,(H2,25,27,28). The van der Waals surface area contributed by atoms with E-state index in [1.54, 1.807) is 25.3 Å². The van der Waals surface area contributed by atoms with Crippen molar-refractivity contribution in [2.75, 3.05) is 32.1 Å². The summed E-state index contributed by atoms with van der Waals surface area (Å²) in [4.78, 5) is 10.8. The highest BCUT2D eigenvalue weighted by Crippen LogP contribution is 2.23. The van der Waals surface area contributed by atoms with Gasteiger partial charge in [0.15, 0.2) is 12.6 Å². The Labute approximate surface area is 175 Å². The first-order chi connectivity index (χ1) is 14.2. The van der Waals surface area contributed by atoms with E-state index in [0.717, 1.165) is 16.9 Å². The number of aryl methyl sites for hydroxylation is 1. The Morgan fingerprint density at radius 2 is 1.93 bits per heavy atom. The Bertz CT molecular complexity index is 853. The number of alkyl halides is 3. The summed E-state index contributed by atoms with van der Waals surface area (Å²) in [6, 6.07) is 9.04. The number of aliphatic imine (C=N–C) groups is 1. The quantitative estimate of drug-likeness (QED) is 0.501. The first-order valence-electron chi connectivity index (χ1n) is 9.61. The number of benzene rings is 1. The number of nitrogens with zero attached hydrogens (tertiary/aromatic N) is 3. The molecule has 2 rings (SSSR count). The molecule has 0 aliphatic rings. The molecule has 0 spiro atoms. The van der Waals surface area contributed by atoms with Crippen molar-refractivity contribution in [3.63, 3.8) is 0 Å². The molecule has 0 atom stereocenters. The molecule has 0 aliphatic carbocycles. The van der Waals surface area contributed by atoms with Gasteiger partial charge in [0.25, 0.3) is 0 Å². The minimum Gasteiger partial charge on any atom is -0.484 e. The Balaban J connectivity index is 2.08. The van der Waals surface area contributed by atoms with Gasteiger partial charge in [-0.2, -0.15) is 13.2 Å². The van der Waals surface area contributed by atoms with Crippen LogP contribution in [0.3, 0.4) is 0 Å². The van der Waals surface area contributed by atoms with Crippen LogP contribution in [0.15, 0.2) is 41.5 Å². The van der Waals surface area contributed by atoms with E-state index >= 15 is 0 Å². The topological polar surface area (TPSA) is 61.8 Å². The maximum atomic E-state index is 12.6. The van der Waals surface area contributed by atoms with Crippen LogP contribution in [0.1, 0.15) is 23.6 Å². The number of ether oxygens (including phenoxy) is 1. The molecule has 0 radical (unpaired) electrons. The number of pyridine rings is 1. The second kappa shape index (κ2) is 10.7. The minimum absolute atomic E-state index is 0.209. The maximum absolute atomic E-state index is 12.6. The lowest BCUT2D eigenvalue weighted by atomic mass is 10.1. The van der Waals surface area contributed by atoms with E-state index in [-0.39, 0.29) is 12.3 Å². The van der Waals surface area contributed by atoms with Gasteiger partial charge in [-0.25, -0.2) is 9.98 Å². The lowest BCUT2D eigenvalue weighted by Crippen LogP contribution is -2.37. The zero-order valence-corrected chi connectivity index (χ0v) is 17.7. The third-order valence-corrected chi connectivity index (χ3v) is 4.09. The van der Waals surface area contributed by atoms with Gasteiger partial charge in [0, 0.05) is 38.9 Å². The van der Waals surface area contributed by atoms with Crippen LogP contribution in [-0.4, -0.2) is 44.4 Å². The van der Waals surface area contributed by atoms with Crippen molar-refractivity contribution in [3.05, 3.63) is 53.2 Å². The zero-order chi connectivity index (χ0) is 22.1. The van der Waals surface area contributed by atoms with E-state index in [4.69, 9.17) is 4.74 Å². The SMILES string of the molecule is CCNC(=NCc1ccnc(N(C)C)c1)NCc1ccc(C)cc1OCC(F)(F)F. The van der Waals surface area contributed by atoms with E-state index in [2.05, 4.69) is 20.6 Å². The Morgan fingerprint density at radius 3 is 2.60 bits per heavy atom. The lowest BCUT2D eigenvalue weighted by molar-refractivity contribution is -0.153. The molecule has 1 aromatic heterocycles. The molecule has 0 bridgehead atoms. The third-order valence-electron chi connectivity index (χ3n) is 4.09. The van der Waals surface area contributed by atoms with Crippen LogP contribution in [0.4, 0.5) is 19.0 Å². The largest absolute Gasteiger partial charge is 0.484 e. The van der Waals surface area contributed by atoms with Crippen LogP contribution in [0.25, 0.3) is 0 Å². The molecule has 164 valence electrons. The van der Waals surface area contributed by atoms with Crippen LogP contribution in [0.2, 0.25) is 0 Å². The van der Waals surface area contributed by atoms with Crippen molar-refractivity contribution in [2.24, 2.45) is 4.99 Å². The van der Waals surface area contributed by atoms with Gasteiger partial charge < -0.3 is 20.3 Å². The molecule has 9 heteroatoms. The number of anilines is 1. The monoisotopic (exact) mass is 423 g/mol. The summed E-state index contributed by atoms with van der Waals surface area (Å²) < 4.78 is 42.7. The van der Waals surface area contributed by atoms with Crippen LogP contribution >= 0.6 is 0 Å². The van der Waals surface area contributed by atoms with Crippen molar-refractivity contribution < 1.29 is 17.9 Å². The van der Waals surface area contributed by atoms with Gasteiger partial charge in [-0.3, -0.25) is 0 Å². The molecule has 0 fully saturated rings. The number of halogens is 3. The highest BCUT2D eigenvalue weighted by Gasteiger charge is 2.28. The molecule has 0 aliphatic heterocycles. The van der Waals surface area contributed by atoms with Crippen LogP contribution < -0.4 is 20.3 Å². The minimum atomic E-state index is -4.39. The van der Waals surface area contributed by atoms with Crippen molar-refractivity contribution in [3.8, 4) is 5.75 Å². The van der Waals surface area contributed by atoms with Crippen molar-refractivity contribution in [2.45, 2.75) is 33.1 Å². The number of hydrogen-bond donors (Lipinski definition) is 2. The Hall–Kier alpha value is -2.97. The van der Waals surface area contributed by atoms with Gasteiger partial charge in [0.2, 0.25) is 0 Å². The number of aromatic nitrogens is 1. The molecule has 2 aromatic rings. The third kappa shape index (κ3) is 7.81. The molecular formula is C21H28F3N5O. The fraction of sp³-hybridized carbons (Fsp3) is 0.429. The van der Waals surface area contributed by atoms with Gasteiger partial charge in [-0.1, -0.05) is 12.1 Å². The summed E-state index contributed by atoms with van der Waals surface area (Å²) in [5, 5.41) is 6.29. The lowest BCUT2D eigenvalue weighted by Gasteiger charge is -2.16. The van der Waals surface area contributed by atoms with Gasteiger partial charge in [0.1, 0.15) is 11.6 Å². The predicted octanol–water partition coefficient (Wildman–Crippen LogP) is 3.65. The summed E-state index contributed by atoms with van der Waals surface area (Å²) >= 11 is 0. The normalized spacial score (nSPS) is 11.9. The number of rotatable bonds is 8. The molecule has 0 amide bonds. The summed E-state index contributed by atoms with van der Waals surface area (Å²) in [6.45, 7) is 3.78. The first kappa shape index (κ1) is 23.3. The highest BCUT2D eigenvalue weighted by molar-refractivity contribution is 5.79. The zero-order valence-electron chi connectivity index (χ0n) is 17.7. The second-order valence-electron chi connectivity index (χ2n) is 6.98. The Morgan fingerprint density at radius 1 is 1.17 bits per heavy atom. The van der Waals surface area contributed by atoms with E-state index in [1.165, 1.54) is 0 Å². The summed E-state index contributed by atoms with van der Waals surface area (Å²) in [5.41, 5.74) is 2.44. The van der Waals surface area contributed by atoms with Crippen LogP contribution in [0, 0.1) is 6.92 Å². The number of guanidine groups is 1. The molecule has 1 aromatic carbocycles. The van der Waals surface area contributed by atoms with Crippen LogP contribution in [0.5, 0.6) is 5.75 Å². The molecule has 6 nitrogen and oxygen atoms in total. The first-order valence-corrected chi connectivity index (χ1v) is 9.61. The summed E-state index contributed by atoms with van der Waals surface area (Å²) in [7, 11) is 3.84. The average molecular weight is 423 g/mol.